The van der Waals surface area contributed by atoms with Gasteiger partial charge < -0.3 is 9.97 Å². The van der Waals surface area contributed by atoms with Gasteiger partial charge >= 0.3 is 0 Å². The average Bonchev–Trinajstić information content (AvgIpc) is 3.05. The highest BCUT2D eigenvalue weighted by atomic mass is 14.8. The maximum Gasteiger partial charge on any atom is 0.0816 e. The van der Waals surface area contributed by atoms with E-state index in [2.05, 4.69) is 40.1 Å². The molecule has 18 heavy (non-hydrogen) atoms. The van der Waals surface area contributed by atoms with Crippen LogP contribution in [0.25, 0.3) is 0 Å². The summed E-state index contributed by atoms with van der Waals surface area (Å²) in [4.78, 5) is 11.1. The molecule has 0 aromatic carbocycles. The Labute approximate surface area is 106 Å². The van der Waals surface area contributed by atoms with Crippen molar-refractivity contribution in [2.75, 3.05) is 0 Å². The summed E-state index contributed by atoms with van der Waals surface area (Å²) in [6, 6.07) is 12.3. The molecule has 3 nitrogen and oxygen atoms in total. The first-order valence-corrected chi connectivity index (χ1v) is 6.04. The molecule has 3 aromatic rings. The number of aromatic nitrogens is 3. The van der Waals surface area contributed by atoms with Crippen LogP contribution in [0.15, 0.2) is 55.0 Å². The second-order valence-electron chi connectivity index (χ2n) is 4.39. The topological polar surface area (TPSA) is 44.5 Å². The van der Waals surface area contributed by atoms with E-state index in [0.29, 0.717) is 0 Å². The van der Waals surface area contributed by atoms with Crippen LogP contribution in [0.2, 0.25) is 0 Å². The van der Waals surface area contributed by atoms with Crippen LogP contribution in [-0.4, -0.2) is 15.0 Å². The van der Waals surface area contributed by atoms with Crippen molar-refractivity contribution in [3.63, 3.8) is 0 Å². The van der Waals surface area contributed by atoms with Gasteiger partial charge in [-0.25, -0.2) is 0 Å². The molecule has 2 N–H and O–H groups in total. The third-order valence-corrected chi connectivity index (χ3v) is 3.19. The van der Waals surface area contributed by atoms with Gasteiger partial charge in [-0.3, -0.25) is 4.98 Å². The summed E-state index contributed by atoms with van der Waals surface area (Å²) in [6.07, 6.45) is 5.74. The summed E-state index contributed by atoms with van der Waals surface area (Å²) >= 11 is 0. The third kappa shape index (κ3) is 1.84. The minimum atomic E-state index is 0.135. The van der Waals surface area contributed by atoms with Crippen molar-refractivity contribution in [2.45, 2.75) is 12.8 Å². The SMILES string of the molecule is Cc1cccnc1C(c1ccc[nH]1)c1ccc[nH]1. The molecule has 3 heteroatoms. The van der Waals surface area contributed by atoms with Gasteiger partial charge in [0.15, 0.2) is 0 Å². The molecule has 0 amide bonds. The maximum absolute atomic E-state index is 4.55. The molecule has 0 unspecified atom stereocenters. The van der Waals surface area contributed by atoms with Gasteiger partial charge in [0.25, 0.3) is 0 Å². The maximum atomic E-state index is 4.55. The number of aryl methyl sites for hydroxylation is 1. The van der Waals surface area contributed by atoms with Crippen LogP contribution in [0.3, 0.4) is 0 Å². The number of hydrogen-bond acceptors (Lipinski definition) is 1. The Morgan fingerprint density at radius 3 is 2.11 bits per heavy atom. The molecule has 3 aromatic heterocycles. The third-order valence-electron chi connectivity index (χ3n) is 3.19. The molecule has 0 fully saturated rings. The lowest BCUT2D eigenvalue weighted by molar-refractivity contribution is 0.846. The van der Waals surface area contributed by atoms with E-state index in [-0.39, 0.29) is 5.92 Å². The van der Waals surface area contributed by atoms with Gasteiger partial charge in [0, 0.05) is 30.0 Å². The molecule has 0 atom stereocenters. The average molecular weight is 237 g/mol. The Morgan fingerprint density at radius 1 is 0.944 bits per heavy atom. The predicted octanol–water partition coefficient (Wildman–Crippen LogP) is 3.23. The number of nitrogens with zero attached hydrogens (tertiary/aromatic N) is 1. The van der Waals surface area contributed by atoms with E-state index in [1.54, 1.807) is 0 Å². The van der Waals surface area contributed by atoms with Gasteiger partial charge in [0.2, 0.25) is 0 Å². The van der Waals surface area contributed by atoms with Gasteiger partial charge in [0.05, 0.1) is 11.6 Å². The highest BCUT2D eigenvalue weighted by molar-refractivity contribution is 5.37. The number of rotatable bonds is 3. The minimum Gasteiger partial charge on any atom is -0.364 e. The fourth-order valence-electron chi connectivity index (χ4n) is 2.31. The zero-order chi connectivity index (χ0) is 12.4. The first-order chi connectivity index (χ1) is 8.86. The first kappa shape index (κ1) is 10.8. The van der Waals surface area contributed by atoms with E-state index in [1.807, 2.05) is 36.8 Å². The summed E-state index contributed by atoms with van der Waals surface area (Å²) in [5.74, 6) is 0.135. The van der Waals surface area contributed by atoms with Crippen LogP contribution in [0.1, 0.15) is 28.6 Å². The molecule has 3 heterocycles. The number of hydrogen-bond donors (Lipinski definition) is 2. The largest absolute Gasteiger partial charge is 0.364 e. The summed E-state index contributed by atoms with van der Waals surface area (Å²) in [5.41, 5.74) is 4.59. The Morgan fingerprint density at radius 2 is 1.61 bits per heavy atom. The lowest BCUT2D eigenvalue weighted by Crippen LogP contribution is -2.08. The van der Waals surface area contributed by atoms with Crippen LogP contribution < -0.4 is 0 Å². The highest BCUT2D eigenvalue weighted by Crippen LogP contribution is 2.30. The number of H-pyrrole nitrogens is 2. The first-order valence-electron chi connectivity index (χ1n) is 6.04. The molecule has 0 aliphatic heterocycles. The number of nitrogens with one attached hydrogen (secondary N) is 2. The second kappa shape index (κ2) is 4.53. The van der Waals surface area contributed by atoms with Crippen molar-refractivity contribution in [1.29, 1.82) is 0 Å². The lowest BCUT2D eigenvalue weighted by Gasteiger charge is -2.16. The zero-order valence-electron chi connectivity index (χ0n) is 10.2. The number of pyridine rings is 1. The summed E-state index contributed by atoms with van der Waals surface area (Å²) in [7, 11) is 0. The van der Waals surface area contributed by atoms with E-state index in [4.69, 9.17) is 0 Å². The number of aromatic amines is 2. The fourth-order valence-corrected chi connectivity index (χ4v) is 2.31. The molecular weight excluding hydrogens is 222 g/mol. The van der Waals surface area contributed by atoms with Gasteiger partial charge in [-0.15, -0.1) is 0 Å². The van der Waals surface area contributed by atoms with Gasteiger partial charge in [-0.1, -0.05) is 6.07 Å². The van der Waals surface area contributed by atoms with Crippen molar-refractivity contribution in [1.82, 2.24) is 15.0 Å². The molecule has 0 radical (unpaired) electrons. The minimum absolute atomic E-state index is 0.135. The van der Waals surface area contributed by atoms with E-state index in [9.17, 15) is 0 Å². The highest BCUT2D eigenvalue weighted by Gasteiger charge is 2.21. The summed E-state index contributed by atoms with van der Waals surface area (Å²) < 4.78 is 0. The molecular formula is C15H15N3. The van der Waals surface area contributed by atoms with Crippen molar-refractivity contribution in [3.05, 3.63) is 77.6 Å². The Balaban J connectivity index is 2.15. The molecule has 90 valence electrons. The lowest BCUT2D eigenvalue weighted by atomic mass is 9.94. The fraction of sp³-hybridized carbons (Fsp3) is 0.133. The van der Waals surface area contributed by atoms with Crippen LogP contribution in [0.4, 0.5) is 0 Å². The molecule has 0 spiro atoms. The Hall–Kier alpha value is -2.29. The molecule has 0 bridgehead atoms. The monoisotopic (exact) mass is 237 g/mol. The smallest absolute Gasteiger partial charge is 0.0816 e. The predicted molar refractivity (Wildman–Crippen MR) is 71.5 cm³/mol. The molecule has 0 saturated heterocycles. The van der Waals surface area contributed by atoms with Crippen molar-refractivity contribution >= 4 is 0 Å². The summed E-state index contributed by atoms with van der Waals surface area (Å²) in [5, 5.41) is 0. The van der Waals surface area contributed by atoms with Crippen molar-refractivity contribution < 1.29 is 0 Å². The molecule has 0 saturated carbocycles. The van der Waals surface area contributed by atoms with E-state index >= 15 is 0 Å². The van der Waals surface area contributed by atoms with Crippen molar-refractivity contribution in [3.8, 4) is 0 Å². The van der Waals surface area contributed by atoms with Gasteiger partial charge in [0.1, 0.15) is 0 Å². The van der Waals surface area contributed by atoms with Crippen LogP contribution >= 0.6 is 0 Å². The molecule has 0 aliphatic carbocycles. The van der Waals surface area contributed by atoms with Gasteiger partial charge in [-0.2, -0.15) is 0 Å². The Kier molecular flexibility index (Phi) is 2.73. The van der Waals surface area contributed by atoms with E-state index in [0.717, 1.165) is 17.1 Å². The van der Waals surface area contributed by atoms with Crippen LogP contribution in [-0.2, 0) is 0 Å². The van der Waals surface area contributed by atoms with Crippen LogP contribution in [0.5, 0.6) is 0 Å². The molecule has 0 aliphatic rings. The van der Waals surface area contributed by atoms with E-state index in [1.165, 1.54) is 5.56 Å². The zero-order valence-corrected chi connectivity index (χ0v) is 10.2. The van der Waals surface area contributed by atoms with Crippen LogP contribution in [0, 0.1) is 6.92 Å². The molecule has 3 rings (SSSR count). The second-order valence-corrected chi connectivity index (χ2v) is 4.39. The quantitative estimate of drug-likeness (QED) is 0.721. The van der Waals surface area contributed by atoms with Gasteiger partial charge in [-0.05, 0) is 42.8 Å². The normalized spacial score (nSPS) is 11.0. The van der Waals surface area contributed by atoms with Crippen molar-refractivity contribution in [2.24, 2.45) is 0 Å². The summed E-state index contributed by atoms with van der Waals surface area (Å²) in [6.45, 7) is 2.10. The van der Waals surface area contributed by atoms with E-state index < -0.39 is 0 Å². The Bertz CT molecular complexity index is 575. The standard InChI is InChI=1S/C15H15N3/c1-11-5-2-10-18-15(11)14(12-6-3-8-16-12)13-7-4-9-17-13/h2-10,14,16-17H,1H3.